The number of rotatable bonds is 7. The Morgan fingerprint density at radius 3 is 2.91 bits per heavy atom. The maximum atomic E-state index is 12.2. The summed E-state index contributed by atoms with van der Waals surface area (Å²) in [6.07, 6.45) is 9.72. The number of terminal acetylenes is 1. The highest BCUT2D eigenvalue weighted by Crippen LogP contribution is 2.18. The van der Waals surface area contributed by atoms with E-state index in [2.05, 4.69) is 11.2 Å². The lowest BCUT2D eigenvalue weighted by Crippen LogP contribution is -2.33. The summed E-state index contributed by atoms with van der Waals surface area (Å²) in [5.74, 6) is 3.01. The minimum Gasteiger partial charge on any atom is -0.481 e. The second-order valence-electron chi connectivity index (χ2n) is 5.60. The molecule has 1 saturated heterocycles. The zero-order chi connectivity index (χ0) is 15.8. The van der Waals surface area contributed by atoms with Crippen molar-refractivity contribution in [2.24, 2.45) is 0 Å². The number of carbonyl (C=O) groups is 1. The molecule has 0 aromatic heterocycles. The monoisotopic (exact) mass is 301 g/mol. The summed E-state index contributed by atoms with van der Waals surface area (Å²) in [5.41, 5.74) is 0.622. The first-order valence-electron chi connectivity index (χ1n) is 7.78. The van der Waals surface area contributed by atoms with Crippen LogP contribution in [0.15, 0.2) is 24.3 Å². The summed E-state index contributed by atoms with van der Waals surface area (Å²) in [7, 11) is 0. The van der Waals surface area contributed by atoms with Crippen molar-refractivity contribution >= 4 is 5.91 Å². The second kappa shape index (κ2) is 8.45. The largest absolute Gasteiger partial charge is 0.481 e. The van der Waals surface area contributed by atoms with Crippen molar-refractivity contribution in [2.45, 2.75) is 44.8 Å². The molecule has 1 heterocycles. The van der Waals surface area contributed by atoms with Gasteiger partial charge in [-0.3, -0.25) is 4.79 Å². The van der Waals surface area contributed by atoms with E-state index in [-0.39, 0.29) is 18.6 Å². The van der Waals surface area contributed by atoms with E-state index >= 15 is 0 Å². The van der Waals surface area contributed by atoms with Gasteiger partial charge in [0.05, 0.1) is 6.10 Å². The summed E-state index contributed by atoms with van der Waals surface area (Å²) in [6, 6.07) is 7.13. The van der Waals surface area contributed by atoms with Crippen molar-refractivity contribution in [1.82, 2.24) is 5.32 Å². The van der Waals surface area contributed by atoms with Gasteiger partial charge in [-0.2, -0.15) is 0 Å². The second-order valence-corrected chi connectivity index (χ2v) is 5.60. The molecular weight excluding hydrogens is 278 g/mol. The molecule has 1 fully saturated rings. The van der Waals surface area contributed by atoms with Crippen LogP contribution in [-0.2, 0) is 4.74 Å². The third-order valence-corrected chi connectivity index (χ3v) is 3.76. The number of benzene rings is 1. The van der Waals surface area contributed by atoms with E-state index in [0.717, 1.165) is 32.3 Å². The normalized spacial score (nSPS) is 18.5. The van der Waals surface area contributed by atoms with Gasteiger partial charge in [-0.15, -0.1) is 6.42 Å². The van der Waals surface area contributed by atoms with Gasteiger partial charge in [-0.25, -0.2) is 0 Å². The predicted octanol–water partition coefficient (Wildman–Crippen LogP) is 2.78. The molecule has 118 valence electrons. The van der Waals surface area contributed by atoms with Crippen LogP contribution in [-0.4, -0.2) is 31.3 Å². The van der Waals surface area contributed by atoms with Crippen molar-refractivity contribution in [3.05, 3.63) is 29.8 Å². The molecule has 2 rings (SSSR count). The Bertz CT molecular complexity index is 512. The average Bonchev–Trinajstić information content (AvgIpc) is 3.05. The van der Waals surface area contributed by atoms with Crippen LogP contribution < -0.4 is 10.1 Å². The molecule has 4 heteroatoms. The van der Waals surface area contributed by atoms with Crippen LogP contribution in [0.4, 0.5) is 0 Å². The summed E-state index contributed by atoms with van der Waals surface area (Å²) in [4.78, 5) is 12.2. The average molecular weight is 301 g/mol. The van der Waals surface area contributed by atoms with Gasteiger partial charge < -0.3 is 14.8 Å². The van der Waals surface area contributed by atoms with Crippen LogP contribution in [0.3, 0.4) is 0 Å². The Hall–Kier alpha value is -1.99. The van der Waals surface area contributed by atoms with E-state index in [0.29, 0.717) is 17.4 Å². The van der Waals surface area contributed by atoms with Crippen molar-refractivity contribution < 1.29 is 14.3 Å². The molecule has 1 amide bonds. The zero-order valence-corrected chi connectivity index (χ0v) is 13.0. The van der Waals surface area contributed by atoms with Crippen LogP contribution in [0.25, 0.3) is 0 Å². The van der Waals surface area contributed by atoms with Gasteiger partial charge in [0.15, 0.2) is 0 Å². The van der Waals surface area contributed by atoms with Gasteiger partial charge in [0.2, 0.25) is 0 Å². The Kier molecular flexibility index (Phi) is 6.29. The van der Waals surface area contributed by atoms with E-state index in [1.807, 2.05) is 6.92 Å². The number of hydrogen-bond donors (Lipinski definition) is 1. The fraction of sp³-hybridized carbons (Fsp3) is 0.500. The third-order valence-electron chi connectivity index (χ3n) is 3.76. The third kappa shape index (κ3) is 5.09. The fourth-order valence-electron chi connectivity index (χ4n) is 2.51. The quantitative estimate of drug-likeness (QED) is 0.788. The molecule has 1 aliphatic heterocycles. The van der Waals surface area contributed by atoms with E-state index in [1.54, 1.807) is 24.3 Å². The molecule has 0 spiro atoms. The molecule has 1 aliphatic rings. The minimum absolute atomic E-state index is 0.0664. The Morgan fingerprint density at radius 2 is 2.27 bits per heavy atom. The molecule has 1 aromatic carbocycles. The lowest BCUT2D eigenvalue weighted by Gasteiger charge is -2.16. The summed E-state index contributed by atoms with van der Waals surface area (Å²) in [5, 5.41) is 3.02. The van der Waals surface area contributed by atoms with E-state index in [4.69, 9.17) is 15.9 Å². The first-order valence-corrected chi connectivity index (χ1v) is 7.78. The molecule has 0 radical (unpaired) electrons. The van der Waals surface area contributed by atoms with E-state index in [9.17, 15) is 4.79 Å². The number of ether oxygens (including phenoxy) is 2. The van der Waals surface area contributed by atoms with Crippen molar-refractivity contribution in [1.29, 1.82) is 0 Å². The molecule has 1 N–H and O–H groups in total. The summed E-state index contributed by atoms with van der Waals surface area (Å²) in [6.45, 7) is 3.13. The zero-order valence-electron chi connectivity index (χ0n) is 13.0. The molecule has 4 nitrogen and oxygen atoms in total. The standard InChI is InChI=1S/C18H23NO3/c1-3-12-21-17-10-7-15(8-11-17)18(20)19-14(2)6-9-16-5-4-13-22-16/h1,7-8,10-11,14,16H,4-6,9,12-13H2,2H3,(H,19,20)/t14-,16+/m0/s1. The van der Waals surface area contributed by atoms with Gasteiger partial charge in [-0.05, 0) is 56.9 Å². The van der Waals surface area contributed by atoms with Crippen molar-refractivity contribution in [3.8, 4) is 18.1 Å². The summed E-state index contributed by atoms with van der Waals surface area (Å²) < 4.78 is 10.9. The minimum atomic E-state index is -0.0664. The lowest BCUT2D eigenvalue weighted by molar-refractivity contribution is 0.0899. The van der Waals surface area contributed by atoms with Gasteiger partial charge in [0.1, 0.15) is 12.4 Å². The SMILES string of the molecule is C#CCOc1ccc(C(=O)N[C@@H](C)CC[C@H]2CCCO2)cc1. The Balaban J connectivity index is 1.76. The smallest absolute Gasteiger partial charge is 0.251 e. The summed E-state index contributed by atoms with van der Waals surface area (Å²) >= 11 is 0. The number of amides is 1. The Labute approximate surface area is 132 Å². The molecule has 0 unspecified atom stereocenters. The van der Waals surface area contributed by atoms with Gasteiger partial charge in [-0.1, -0.05) is 5.92 Å². The van der Waals surface area contributed by atoms with Gasteiger partial charge in [0.25, 0.3) is 5.91 Å². The maximum Gasteiger partial charge on any atom is 0.251 e. The molecular formula is C18H23NO3. The fourth-order valence-corrected chi connectivity index (χ4v) is 2.51. The van der Waals surface area contributed by atoms with Crippen LogP contribution in [0.1, 0.15) is 43.0 Å². The molecule has 0 saturated carbocycles. The van der Waals surface area contributed by atoms with E-state index in [1.165, 1.54) is 0 Å². The molecule has 1 aromatic rings. The molecule has 22 heavy (non-hydrogen) atoms. The van der Waals surface area contributed by atoms with Gasteiger partial charge >= 0.3 is 0 Å². The first-order chi connectivity index (χ1) is 10.7. The van der Waals surface area contributed by atoms with Crippen LogP contribution in [0.5, 0.6) is 5.75 Å². The number of carbonyl (C=O) groups excluding carboxylic acids is 1. The predicted molar refractivity (Wildman–Crippen MR) is 85.9 cm³/mol. The Morgan fingerprint density at radius 1 is 1.50 bits per heavy atom. The highest BCUT2D eigenvalue weighted by atomic mass is 16.5. The van der Waals surface area contributed by atoms with Crippen molar-refractivity contribution in [3.63, 3.8) is 0 Å². The topological polar surface area (TPSA) is 47.6 Å². The van der Waals surface area contributed by atoms with Crippen LogP contribution in [0, 0.1) is 12.3 Å². The number of hydrogen-bond acceptors (Lipinski definition) is 3. The lowest BCUT2D eigenvalue weighted by atomic mass is 10.1. The van der Waals surface area contributed by atoms with Crippen LogP contribution >= 0.6 is 0 Å². The number of nitrogens with one attached hydrogen (secondary N) is 1. The maximum absolute atomic E-state index is 12.2. The highest BCUT2D eigenvalue weighted by Gasteiger charge is 2.17. The van der Waals surface area contributed by atoms with Crippen molar-refractivity contribution in [2.75, 3.05) is 13.2 Å². The van der Waals surface area contributed by atoms with E-state index < -0.39 is 0 Å². The molecule has 0 aliphatic carbocycles. The van der Waals surface area contributed by atoms with Gasteiger partial charge in [0, 0.05) is 18.2 Å². The van der Waals surface area contributed by atoms with Crippen LogP contribution in [0.2, 0.25) is 0 Å². The first kappa shape index (κ1) is 16.4. The molecule has 0 bridgehead atoms. The molecule has 2 atom stereocenters. The highest BCUT2D eigenvalue weighted by molar-refractivity contribution is 5.94.